The number of Topliss-reactive ketones (excluding diaryl/α,β-unsaturated/α-hetero) is 1. The standard InChI is InChI=1S/C67H107N13O16/c1-15-43(8)59(52(92-13)36-55(84)80-32-20-24-50(80)61(93-14)44(9)62(86)73-45(10)60(85)47-21-17-16-18-22-47)78(11)65(89)57(41(4)5)76-64(88)58(42(6)7)79(12)67(91)96-37-46-25-27-49(28-26-46)74-63(87)48(23-19-29-71-66(68)90)35-51(81)56(40(2)3)75-54(83)39-95-38-53(82)70-30-33-94-34-31-72-77-69/h16-18,21-22,25-28,40-45,48,50,52,56-61,85H,15,19-20,23-24,29-39H2,1-14H3,(H,70,82)(H,73,86)(H,74,87)(H,75,83)(H,76,88)(H3,68,71,90)/t43-,44+,45+,48+,50-,52+,56-,57-,58-,59-,60+,61+/m0/s1. The Hall–Kier alpha value is -7.95. The Kier molecular flexibility index (Phi) is 36.5. The fraction of sp³-hybridized carbons (Fsp3) is 0.672. The molecule has 1 fully saturated rings. The molecule has 0 bridgehead atoms. The molecule has 29 heteroatoms. The molecule has 1 aliphatic rings. The van der Waals surface area contributed by atoms with Gasteiger partial charge in [-0.25, -0.2) is 9.59 Å². The van der Waals surface area contributed by atoms with Gasteiger partial charge in [-0.2, -0.15) is 0 Å². The monoisotopic (exact) mass is 1350 g/mol. The number of azide groups is 1. The van der Waals surface area contributed by atoms with Crippen molar-refractivity contribution in [1.29, 1.82) is 0 Å². The summed E-state index contributed by atoms with van der Waals surface area (Å²) in [5.41, 5.74) is 15.1. The van der Waals surface area contributed by atoms with Crippen molar-refractivity contribution in [2.75, 3.05) is 86.2 Å². The number of nitrogens with two attached hydrogens (primary N) is 1. The lowest BCUT2D eigenvalue weighted by atomic mass is 9.89. The van der Waals surface area contributed by atoms with Crippen LogP contribution in [-0.4, -0.2) is 208 Å². The summed E-state index contributed by atoms with van der Waals surface area (Å²) < 4.78 is 28.2. The average molecular weight is 1350 g/mol. The normalized spacial score (nSPS) is 16.4. The molecular formula is C67H107N13O16. The van der Waals surface area contributed by atoms with Gasteiger partial charge in [0.2, 0.25) is 41.4 Å². The molecule has 0 aromatic heterocycles. The highest BCUT2D eigenvalue weighted by Crippen LogP contribution is 2.31. The van der Waals surface area contributed by atoms with Gasteiger partial charge in [-0.05, 0) is 85.1 Å². The number of carbonyl (C=O) groups is 10. The number of aliphatic hydroxyl groups excluding tert-OH is 1. The van der Waals surface area contributed by atoms with Gasteiger partial charge in [-0.1, -0.05) is 116 Å². The molecule has 1 heterocycles. The summed E-state index contributed by atoms with van der Waals surface area (Å²) in [5.74, 6) is -6.79. The van der Waals surface area contributed by atoms with Crippen LogP contribution in [0.5, 0.6) is 0 Å². The van der Waals surface area contributed by atoms with Crippen molar-refractivity contribution in [3.63, 3.8) is 0 Å². The molecule has 0 aliphatic carbocycles. The Morgan fingerprint density at radius 1 is 0.750 bits per heavy atom. The number of benzene rings is 2. The molecular weight excluding hydrogens is 1240 g/mol. The molecule has 1 aliphatic heterocycles. The van der Waals surface area contributed by atoms with Crippen molar-refractivity contribution in [2.24, 2.45) is 46.4 Å². The van der Waals surface area contributed by atoms with Crippen molar-refractivity contribution in [3.05, 3.63) is 76.2 Å². The van der Waals surface area contributed by atoms with Crippen LogP contribution in [0.4, 0.5) is 15.3 Å². The van der Waals surface area contributed by atoms with Crippen molar-refractivity contribution in [2.45, 2.75) is 175 Å². The largest absolute Gasteiger partial charge is 0.445 e. The third kappa shape index (κ3) is 26.6. The summed E-state index contributed by atoms with van der Waals surface area (Å²) in [4.78, 5) is 142. The first kappa shape index (κ1) is 82.3. The van der Waals surface area contributed by atoms with Crippen LogP contribution in [0, 0.1) is 35.5 Å². The third-order valence-corrected chi connectivity index (χ3v) is 17.3. The van der Waals surface area contributed by atoms with E-state index in [1.54, 1.807) is 109 Å². The van der Waals surface area contributed by atoms with E-state index in [4.69, 9.17) is 34.9 Å². The summed E-state index contributed by atoms with van der Waals surface area (Å²) in [6.07, 6.45) is -1.29. The summed E-state index contributed by atoms with van der Waals surface area (Å²) >= 11 is 0. The van der Waals surface area contributed by atoms with E-state index in [-0.39, 0.29) is 82.9 Å². The number of rotatable bonds is 43. The number of ketones is 1. The third-order valence-electron chi connectivity index (χ3n) is 17.3. The van der Waals surface area contributed by atoms with Gasteiger partial charge in [0.25, 0.3) is 0 Å². The highest BCUT2D eigenvalue weighted by Gasteiger charge is 2.44. The Bertz CT molecular complexity index is 2860. The highest BCUT2D eigenvalue weighted by molar-refractivity contribution is 5.98. The zero-order chi connectivity index (χ0) is 71.8. The number of methoxy groups -OCH3 is 2. The predicted molar refractivity (Wildman–Crippen MR) is 359 cm³/mol. The van der Waals surface area contributed by atoms with Crippen LogP contribution >= 0.6 is 0 Å². The maximum atomic E-state index is 14.8. The minimum absolute atomic E-state index is 0.0956. The minimum atomic E-state index is -1.09. The van der Waals surface area contributed by atoms with E-state index in [1.807, 2.05) is 32.0 Å². The first-order chi connectivity index (χ1) is 45.5. The SMILES string of the molecule is CC[C@H](C)[C@@H]([C@@H](CC(=O)N1CCC[C@H]1[C@H](OC)[C@@H](C)C(=O)N[C@H](C)[C@@H](O)c1ccccc1)OC)N(C)C(=O)[C@@H](NC(=O)[C@H](C(C)C)N(C)C(=O)OCc1ccc(NC(=O)[C@H](CCCNC(N)=O)CC(=O)[C@@H](NC(=O)COCC(=O)NCCOCCN=[N+]=[N-])C(C)C)cc1)C(C)C. The molecule has 2 aromatic carbocycles. The Labute approximate surface area is 565 Å². The zero-order valence-electron chi connectivity index (χ0n) is 58.5. The van der Waals surface area contributed by atoms with Gasteiger partial charge >= 0.3 is 12.1 Å². The van der Waals surface area contributed by atoms with E-state index in [2.05, 4.69) is 41.9 Å². The van der Waals surface area contributed by atoms with Gasteiger partial charge in [0.1, 0.15) is 31.9 Å². The quantitative estimate of drug-likeness (QED) is 0.0184. The number of likely N-dealkylation sites (N-methyl/N-ethyl adjacent to an activating group) is 2. The van der Waals surface area contributed by atoms with Gasteiger partial charge in [-0.15, -0.1) is 0 Å². The first-order valence-electron chi connectivity index (χ1n) is 33.1. The van der Waals surface area contributed by atoms with Crippen molar-refractivity contribution >= 4 is 64.9 Å². The molecule has 0 radical (unpaired) electrons. The number of likely N-dealkylation sites (tertiary alicyclic amines) is 1. The molecule has 0 saturated carbocycles. The number of anilines is 1. The van der Waals surface area contributed by atoms with Crippen molar-refractivity contribution in [3.8, 4) is 0 Å². The Balaban J connectivity index is 1.67. The Morgan fingerprint density at radius 3 is 2.00 bits per heavy atom. The van der Waals surface area contributed by atoms with Crippen LogP contribution in [-0.2, 0) is 68.6 Å². The first-order valence-corrected chi connectivity index (χ1v) is 33.1. The maximum Gasteiger partial charge on any atom is 0.410 e. The number of nitrogens with zero attached hydrogens (tertiary/aromatic N) is 6. The number of nitrogens with one attached hydrogen (secondary N) is 6. The number of urea groups is 1. The number of hydrogen-bond acceptors (Lipinski definition) is 17. The van der Waals surface area contributed by atoms with Crippen LogP contribution in [0.25, 0.3) is 10.4 Å². The van der Waals surface area contributed by atoms with Gasteiger partial charge in [-0.3, -0.25) is 43.3 Å². The topological polar surface area (TPSA) is 394 Å². The van der Waals surface area contributed by atoms with Crippen LogP contribution in [0.3, 0.4) is 0 Å². The lowest BCUT2D eigenvalue weighted by molar-refractivity contribution is -0.148. The molecule has 1 saturated heterocycles. The van der Waals surface area contributed by atoms with E-state index in [0.29, 0.717) is 42.6 Å². The van der Waals surface area contributed by atoms with E-state index < -0.39 is 145 Å². The average Bonchev–Trinajstić information content (AvgIpc) is 1.44. The summed E-state index contributed by atoms with van der Waals surface area (Å²) in [7, 11) is 6.07. The van der Waals surface area contributed by atoms with Gasteiger partial charge in [0, 0.05) is 77.4 Å². The fourth-order valence-electron chi connectivity index (χ4n) is 11.8. The number of amides is 10. The molecule has 96 heavy (non-hydrogen) atoms. The zero-order valence-corrected chi connectivity index (χ0v) is 58.5. The lowest BCUT2D eigenvalue weighted by Gasteiger charge is -2.41. The summed E-state index contributed by atoms with van der Waals surface area (Å²) in [5, 5.41) is 30.7. The molecule has 0 spiro atoms. The van der Waals surface area contributed by atoms with Gasteiger partial charge < -0.3 is 76.2 Å². The molecule has 9 N–H and O–H groups in total. The minimum Gasteiger partial charge on any atom is -0.445 e. The molecule has 2 aromatic rings. The van der Waals surface area contributed by atoms with Gasteiger partial charge in [0.15, 0.2) is 5.78 Å². The number of aliphatic hydroxyl groups is 1. The molecule has 536 valence electrons. The second-order valence-electron chi connectivity index (χ2n) is 25.5. The van der Waals surface area contributed by atoms with E-state index >= 15 is 0 Å². The van der Waals surface area contributed by atoms with Crippen LogP contribution in [0.2, 0.25) is 0 Å². The van der Waals surface area contributed by atoms with Crippen molar-refractivity contribution < 1.29 is 76.7 Å². The number of carbonyl (C=O) groups excluding carboxylic acids is 10. The molecule has 29 nitrogen and oxygen atoms in total. The summed E-state index contributed by atoms with van der Waals surface area (Å²) in [6, 6.07) is 9.82. The number of ether oxygens (including phenoxy) is 5. The highest BCUT2D eigenvalue weighted by atomic mass is 16.6. The smallest absolute Gasteiger partial charge is 0.410 e. The Morgan fingerprint density at radius 2 is 1.41 bits per heavy atom. The number of hydrogen-bond donors (Lipinski definition) is 8. The molecule has 0 unspecified atom stereocenters. The second-order valence-corrected chi connectivity index (χ2v) is 25.5. The van der Waals surface area contributed by atoms with Gasteiger partial charge in [0.05, 0.1) is 68.0 Å². The number of primary amides is 1. The molecule has 12 atom stereocenters. The molecule has 3 rings (SSSR count). The second kappa shape index (κ2) is 42.6. The maximum absolute atomic E-state index is 14.8. The summed E-state index contributed by atoms with van der Waals surface area (Å²) in [6.45, 7) is 18.0. The van der Waals surface area contributed by atoms with E-state index in [9.17, 15) is 53.1 Å². The molecule has 10 amide bonds. The lowest BCUT2D eigenvalue weighted by Crippen LogP contribution is -2.60. The van der Waals surface area contributed by atoms with Crippen LogP contribution in [0.15, 0.2) is 59.7 Å². The predicted octanol–water partition coefficient (Wildman–Crippen LogP) is 5.14. The van der Waals surface area contributed by atoms with Crippen LogP contribution in [0.1, 0.15) is 131 Å². The fourth-order valence-corrected chi connectivity index (χ4v) is 11.8. The van der Waals surface area contributed by atoms with Crippen molar-refractivity contribution in [1.82, 2.24) is 41.3 Å². The van der Waals surface area contributed by atoms with E-state index in [1.165, 1.54) is 26.2 Å². The van der Waals surface area contributed by atoms with E-state index in [0.717, 1.165) is 0 Å². The van der Waals surface area contributed by atoms with Crippen LogP contribution < -0.4 is 37.6 Å².